The highest BCUT2D eigenvalue weighted by Gasteiger charge is 2.32. The van der Waals surface area contributed by atoms with Gasteiger partial charge in [-0.2, -0.15) is 0 Å². The molecule has 0 aromatic carbocycles. The fourth-order valence-electron chi connectivity index (χ4n) is 2.47. The first-order valence-corrected chi connectivity index (χ1v) is 6.41. The lowest BCUT2D eigenvalue weighted by molar-refractivity contribution is -0.802. The normalized spacial score (nSPS) is 28.9. The van der Waals surface area contributed by atoms with Gasteiger partial charge in [-0.05, 0) is 24.0 Å². The molecule has 2 aliphatic rings. The zero-order valence-electron chi connectivity index (χ0n) is 10.1. The molecule has 2 rings (SSSR count). The maximum absolute atomic E-state index is 11.5. The molecule has 2 heterocycles. The number of rotatable bonds is 0. The molecule has 0 radical (unpaired) electrons. The van der Waals surface area contributed by atoms with Gasteiger partial charge in [0.15, 0.2) is 0 Å². The highest BCUT2D eigenvalue weighted by atomic mass is 16.5. The number of carbonyl (C=O) groups excluding carboxylic acids is 1. The molecular formula is C13H20NO3+. The zero-order valence-corrected chi connectivity index (χ0v) is 10.1. The molecule has 0 saturated heterocycles. The highest BCUT2D eigenvalue weighted by Crippen LogP contribution is 2.18. The molecule has 0 saturated carbocycles. The Hall–Kier alpha value is -1.32. The van der Waals surface area contributed by atoms with E-state index >= 15 is 0 Å². The summed E-state index contributed by atoms with van der Waals surface area (Å²) in [5.41, 5.74) is 1.07. The molecule has 4 nitrogen and oxygen atoms in total. The lowest BCUT2D eigenvalue weighted by atomic mass is 9.97. The standard InChI is InChI=1S/C13H20NO3/c15-13-10-12-8-5-7-11(14(12)16)6-3-1-2-4-9-17-13/h2,4,12,16H,1,3,5-10H2/q+1/b4-2+/t12-/m1/s1. The maximum Gasteiger partial charge on any atom is 0.313 e. The van der Waals surface area contributed by atoms with E-state index in [9.17, 15) is 10.0 Å². The van der Waals surface area contributed by atoms with Crippen molar-refractivity contribution in [2.75, 3.05) is 6.61 Å². The summed E-state index contributed by atoms with van der Waals surface area (Å²) in [6.07, 6.45) is 10.0. The number of fused-ring (bicyclic) bond motifs is 1. The molecule has 0 spiro atoms. The molecule has 0 unspecified atom stereocenters. The number of cyclic esters (lactones) is 1. The zero-order chi connectivity index (χ0) is 12.1. The van der Waals surface area contributed by atoms with Crippen LogP contribution in [0.1, 0.15) is 44.9 Å². The third kappa shape index (κ3) is 3.32. The van der Waals surface area contributed by atoms with Gasteiger partial charge in [0.2, 0.25) is 11.8 Å². The van der Waals surface area contributed by atoms with Crippen molar-refractivity contribution in [1.82, 2.24) is 0 Å². The van der Waals surface area contributed by atoms with E-state index < -0.39 is 0 Å². The molecule has 0 aromatic rings. The quantitative estimate of drug-likeness (QED) is 0.304. The minimum Gasteiger partial charge on any atom is -0.461 e. The third-order valence-electron chi connectivity index (χ3n) is 3.42. The molecule has 94 valence electrons. The van der Waals surface area contributed by atoms with Crippen LogP contribution in [-0.2, 0) is 9.53 Å². The van der Waals surface area contributed by atoms with Crippen molar-refractivity contribution in [2.24, 2.45) is 0 Å². The summed E-state index contributed by atoms with van der Waals surface area (Å²) in [4.78, 5) is 11.5. The van der Waals surface area contributed by atoms with Crippen molar-refractivity contribution in [3.05, 3.63) is 12.2 Å². The molecule has 1 atom stereocenters. The van der Waals surface area contributed by atoms with Crippen molar-refractivity contribution in [1.29, 1.82) is 0 Å². The largest absolute Gasteiger partial charge is 0.461 e. The second-order valence-electron chi connectivity index (χ2n) is 4.71. The van der Waals surface area contributed by atoms with E-state index in [2.05, 4.69) is 0 Å². The topological polar surface area (TPSA) is 49.5 Å². The van der Waals surface area contributed by atoms with Gasteiger partial charge < -0.3 is 4.74 Å². The van der Waals surface area contributed by atoms with Crippen LogP contribution in [0.15, 0.2) is 12.2 Å². The summed E-state index contributed by atoms with van der Waals surface area (Å²) in [5, 5.41) is 10.1. The van der Waals surface area contributed by atoms with Gasteiger partial charge in [0.1, 0.15) is 13.0 Å². The van der Waals surface area contributed by atoms with Gasteiger partial charge in [-0.3, -0.25) is 10.0 Å². The number of carbonyl (C=O) groups is 1. The molecule has 17 heavy (non-hydrogen) atoms. The van der Waals surface area contributed by atoms with Crippen LogP contribution in [0.4, 0.5) is 0 Å². The molecule has 4 heteroatoms. The van der Waals surface area contributed by atoms with Crippen LogP contribution in [-0.4, -0.2) is 34.3 Å². The molecule has 2 bridgehead atoms. The van der Waals surface area contributed by atoms with E-state index in [0.29, 0.717) is 6.61 Å². The van der Waals surface area contributed by atoms with Gasteiger partial charge in [-0.15, -0.1) is 0 Å². The van der Waals surface area contributed by atoms with E-state index in [1.165, 1.54) is 4.74 Å². The Labute approximate surface area is 102 Å². The predicted molar refractivity (Wildman–Crippen MR) is 63.3 cm³/mol. The van der Waals surface area contributed by atoms with Gasteiger partial charge in [0.25, 0.3) is 0 Å². The molecule has 0 fully saturated rings. The fourth-order valence-corrected chi connectivity index (χ4v) is 2.47. The van der Waals surface area contributed by atoms with E-state index in [1.54, 1.807) is 0 Å². The predicted octanol–water partition coefficient (Wildman–Crippen LogP) is 2.05. The number of hydrogen-bond acceptors (Lipinski definition) is 3. The van der Waals surface area contributed by atoms with E-state index in [4.69, 9.17) is 4.74 Å². The third-order valence-corrected chi connectivity index (χ3v) is 3.42. The smallest absolute Gasteiger partial charge is 0.313 e. The average Bonchev–Trinajstić information content (AvgIpc) is 2.31. The summed E-state index contributed by atoms with van der Waals surface area (Å²) in [7, 11) is 0. The van der Waals surface area contributed by atoms with Gasteiger partial charge >= 0.3 is 5.97 Å². The Morgan fingerprint density at radius 3 is 3.00 bits per heavy atom. The van der Waals surface area contributed by atoms with Gasteiger partial charge in [-0.1, -0.05) is 12.2 Å². The van der Waals surface area contributed by atoms with Crippen molar-refractivity contribution in [3.63, 3.8) is 0 Å². The minimum absolute atomic E-state index is 0.0883. The Morgan fingerprint density at radius 2 is 2.12 bits per heavy atom. The Balaban J connectivity index is 2.11. The van der Waals surface area contributed by atoms with Crippen LogP contribution in [0.5, 0.6) is 0 Å². The second kappa shape index (κ2) is 5.84. The van der Waals surface area contributed by atoms with Crippen LogP contribution >= 0.6 is 0 Å². The number of ether oxygens (including phenoxy) is 1. The van der Waals surface area contributed by atoms with E-state index in [0.717, 1.165) is 44.2 Å². The first-order chi connectivity index (χ1) is 8.27. The number of esters is 1. The number of allylic oxidation sites excluding steroid dienone is 1. The number of hydroxylamine groups is 1. The molecule has 0 amide bonds. The first-order valence-electron chi connectivity index (χ1n) is 6.41. The molecule has 0 aromatic heterocycles. The molecular weight excluding hydrogens is 218 g/mol. The van der Waals surface area contributed by atoms with E-state index in [-0.39, 0.29) is 18.4 Å². The summed E-state index contributed by atoms with van der Waals surface area (Å²) >= 11 is 0. The lowest BCUT2D eigenvalue weighted by Crippen LogP contribution is -2.35. The average molecular weight is 238 g/mol. The number of nitrogens with zero attached hydrogens (tertiary/aromatic N) is 1. The second-order valence-corrected chi connectivity index (χ2v) is 4.71. The number of hydrogen-bond donors (Lipinski definition) is 1. The summed E-state index contributed by atoms with van der Waals surface area (Å²) in [6.45, 7) is 0.355. The maximum atomic E-state index is 11.5. The minimum atomic E-state index is -0.222. The SMILES string of the molecule is O=C1C[C@H]2CCCC(=[N+]2O)CCC/C=C/CO1. The summed E-state index contributed by atoms with van der Waals surface area (Å²) in [6, 6.07) is -0.0883. The van der Waals surface area contributed by atoms with Crippen LogP contribution in [0.2, 0.25) is 0 Å². The molecule has 2 aliphatic heterocycles. The van der Waals surface area contributed by atoms with Gasteiger partial charge in [-0.25, -0.2) is 0 Å². The molecule has 0 aliphatic carbocycles. The van der Waals surface area contributed by atoms with Crippen LogP contribution in [0.25, 0.3) is 0 Å². The van der Waals surface area contributed by atoms with Crippen molar-refractivity contribution in [2.45, 2.75) is 51.0 Å². The van der Waals surface area contributed by atoms with Crippen molar-refractivity contribution in [3.8, 4) is 0 Å². The van der Waals surface area contributed by atoms with Crippen molar-refractivity contribution >= 4 is 11.7 Å². The Kier molecular flexibility index (Phi) is 4.18. The van der Waals surface area contributed by atoms with E-state index in [1.807, 2.05) is 12.2 Å². The van der Waals surface area contributed by atoms with Crippen LogP contribution in [0.3, 0.4) is 0 Å². The first kappa shape index (κ1) is 12.1. The fraction of sp³-hybridized carbons (Fsp3) is 0.692. The lowest BCUT2D eigenvalue weighted by Gasteiger charge is -2.17. The monoisotopic (exact) mass is 238 g/mol. The van der Waals surface area contributed by atoms with Crippen LogP contribution < -0.4 is 0 Å². The summed E-state index contributed by atoms with van der Waals surface area (Å²) in [5.74, 6) is -0.222. The van der Waals surface area contributed by atoms with Gasteiger partial charge in [0.05, 0.1) is 0 Å². The Bertz CT molecular complexity index is 347. The summed E-state index contributed by atoms with van der Waals surface area (Å²) < 4.78 is 6.41. The molecule has 1 N–H and O–H groups in total. The highest BCUT2D eigenvalue weighted by molar-refractivity contribution is 5.80. The van der Waals surface area contributed by atoms with Gasteiger partial charge in [0, 0.05) is 19.3 Å². The van der Waals surface area contributed by atoms with Crippen LogP contribution in [0, 0.1) is 0 Å². The Morgan fingerprint density at radius 1 is 1.29 bits per heavy atom. The van der Waals surface area contributed by atoms with Crippen molar-refractivity contribution < 1.29 is 19.5 Å².